The number of hydrogen-bond donors (Lipinski definition) is 0. The lowest BCUT2D eigenvalue weighted by Crippen LogP contribution is -2.51. The van der Waals surface area contributed by atoms with Gasteiger partial charge in [0.2, 0.25) is 0 Å². The first kappa shape index (κ1) is 18.9. The third-order valence-corrected chi connectivity index (χ3v) is 8.81. The minimum absolute atomic E-state index is 0.00529. The number of Topliss-reactive ketones (excluding diaryl/α,β-unsaturated/α-hetero) is 2. The van der Waals surface area contributed by atoms with Crippen molar-refractivity contribution in [3.8, 4) is 0 Å². The molecule has 148 valence electrons. The van der Waals surface area contributed by atoms with Gasteiger partial charge in [0.05, 0.1) is 0 Å². The number of hydrogen-bond acceptors (Lipinski definition) is 4. The average Bonchev–Trinajstić information content (AvgIpc) is 2.95. The second-order valence-corrected chi connectivity index (χ2v) is 9.94. The summed E-state index contributed by atoms with van der Waals surface area (Å²) in [6.07, 6.45) is 7.66. The van der Waals surface area contributed by atoms with Gasteiger partial charge in [0.15, 0.2) is 11.5 Å². The fourth-order valence-corrected chi connectivity index (χ4v) is 7.60. The highest BCUT2D eigenvalue weighted by Crippen LogP contribution is 2.67. The SMILES string of the molecule is CC(=O)OC1=C2CC[C@H]3[C@@H]4CC[C@H](C(C)=O)[C@@]4(C)CC[C@@H]3[C@@]2(C)CCC1=O. The largest absolute Gasteiger partial charge is 0.423 e. The molecular formula is C23H32O4. The molecule has 0 aromatic heterocycles. The highest BCUT2D eigenvalue weighted by atomic mass is 16.5. The van der Waals surface area contributed by atoms with Gasteiger partial charge in [-0.3, -0.25) is 14.4 Å². The van der Waals surface area contributed by atoms with Crippen LogP contribution >= 0.6 is 0 Å². The minimum atomic E-state index is -0.395. The van der Waals surface area contributed by atoms with Gasteiger partial charge in [-0.1, -0.05) is 13.8 Å². The Morgan fingerprint density at radius 2 is 1.70 bits per heavy atom. The van der Waals surface area contributed by atoms with E-state index in [9.17, 15) is 14.4 Å². The molecule has 3 saturated carbocycles. The summed E-state index contributed by atoms with van der Waals surface area (Å²) in [6.45, 7) is 7.81. The third kappa shape index (κ3) is 2.66. The third-order valence-electron chi connectivity index (χ3n) is 8.81. The van der Waals surface area contributed by atoms with Gasteiger partial charge in [-0.15, -0.1) is 0 Å². The maximum atomic E-state index is 12.5. The average molecular weight is 373 g/mol. The molecule has 0 N–H and O–H groups in total. The van der Waals surface area contributed by atoms with Crippen LogP contribution in [0.4, 0.5) is 0 Å². The fraction of sp³-hybridized carbons (Fsp3) is 0.783. The van der Waals surface area contributed by atoms with Gasteiger partial charge in [-0.05, 0) is 86.0 Å². The molecule has 0 amide bonds. The van der Waals surface area contributed by atoms with Gasteiger partial charge < -0.3 is 4.74 Å². The molecule has 3 fully saturated rings. The molecule has 0 saturated heterocycles. The lowest BCUT2D eigenvalue weighted by molar-refractivity contribution is -0.142. The zero-order chi connectivity index (χ0) is 19.6. The molecule has 0 aromatic carbocycles. The molecule has 0 aromatic rings. The zero-order valence-electron chi connectivity index (χ0n) is 17.1. The van der Waals surface area contributed by atoms with Crippen molar-refractivity contribution in [2.75, 3.05) is 0 Å². The first-order valence-electron chi connectivity index (χ1n) is 10.6. The molecule has 27 heavy (non-hydrogen) atoms. The Balaban J connectivity index is 1.69. The van der Waals surface area contributed by atoms with E-state index in [4.69, 9.17) is 4.74 Å². The van der Waals surface area contributed by atoms with E-state index in [-0.39, 0.29) is 22.5 Å². The van der Waals surface area contributed by atoms with Crippen molar-refractivity contribution in [2.45, 2.75) is 79.1 Å². The van der Waals surface area contributed by atoms with E-state index >= 15 is 0 Å². The zero-order valence-corrected chi connectivity index (χ0v) is 17.1. The topological polar surface area (TPSA) is 60.4 Å². The number of carbonyl (C=O) groups excluding carboxylic acids is 3. The highest BCUT2D eigenvalue weighted by Gasteiger charge is 2.60. The van der Waals surface area contributed by atoms with Crippen molar-refractivity contribution in [2.24, 2.45) is 34.5 Å². The van der Waals surface area contributed by atoms with Crippen LogP contribution in [0.1, 0.15) is 79.1 Å². The highest BCUT2D eigenvalue weighted by molar-refractivity contribution is 5.97. The lowest BCUT2D eigenvalue weighted by Gasteiger charge is -2.58. The maximum absolute atomic E-state index is 12.5. The minimum Gasteiger partial charge on any atom is -0.423 e. The van der Waals surface area contributed by atoms with Crippen molar-refractivity contribution in [3.63, 3.8) is 0 Å². The molecule has 0 spiro atoms. The Morgan fingerprint density at radius 1 is 0.963 bits per heavy atom. The summed E-state index contributed by atoms with van der Waals surface area (Å²) < 4.78 is 5.42. The standard InChI is InChI=1S/C23H32O4/c1-13(24)16-7-8-17-15-5-6-19-21(27-14(2)25)20(26)10-12-23(19,4)18(15)9-11-22(16,17)3/h15-18H,5-12H2,1-4H3/t15-,16+,17-,18-,22+,23+/m0/s1. The van der Waals surface area contributed by atoms with Gasteiger partial charge in [-0.2, -0.15) is 0 Å². The Kier molecular flexibility index (Phi) is 4.40. The van der Waals surface area contributed by atoms with Crippen LogP contribution in [0.3, 0.4) is 0 Å². The van der Waals surface area contributed by atoms with Gasteiger partial charge in [0, 0.05) is 19.3 Å². The van der Waals surface area contributed by atoms with Crippen molar-refractivity contribution < 1.29 is 19.1 Å². The van der Waals surface area contributed by atoms with Crippen LogP contribution in [0.5, 0.6) is 0 Å². The molecule has 4 aliphatic rings. The molecule has 6 atom stereocenters. The molecule has 0 bridgehead atoms. The molecular weight excluding hydrogens is 340 g/mol. The summed E-state index contributed by atoms with van der Waals surface area (Å²) in [5, 5.41) is 0. The smallest absolute Gasteiger partial charge is 0.308 e. The normalized spacial score (nSPS) is 43.6. The predicted molar refractivity (Wildman–Crippen MR) is 102 cm³/mol. The molecule has 0 unspecified atom stereocenters. The van der Waals surface area contributed by atoms with Gasteiger partial charge >= 0.3 is 5.97 Å². The van der Waals surface area contributed by atoms with Gasteiger partial charge in [-0.25, -0.2) is 0 Å². The number of rotatable bonds is 2. The number of ether oxygens (including phenoxy) is 1. The van der Waals surface area contributed by atoms with E-state index in [2.05, 4.69) is 13.8 Å². The van der Waals surface area contributed by atoms with Crippen LogP contribution in [0.25, 0.3) is 0 Å². The van der Waals surface area contributed by atoms with Crippen molar-refractivity contribution in [1.29, 1.82) is 0 Å². The van der Waals surface area contributed by atoms with E-state index in [1.807, 2.05) is 0 Å². The van der Waals surface area contributed by atoms with E-state index in [0.29, 0.717) is 35.7 Å². The van der Waals surface area contributed by atoms with E-state index < -0.39 is 5.97 Å². The van der Waals surface area contributed by atoms with Crippen molar-refractivity contribution in [1.82, 2.24) is 0 Å². The Hall–Kier alpha value is -1.45. The monoisotopic (exact) mass is 372 g/mol. The molecule has 4 heteroatoms. The summed E-state index contributed by atoms with van der Waals surface area (Å²) in [7, 11) is 0. The van der Waals surface area contributed by atoms with Crippen molar-refractivity contribution in [3.05, 3.63) is 11.3 Å². The molecule has 0 aliphatic heterocycles. The summed E-state index contributed by atoms with van der Waals surface area (Å²) in [5.41, 5.74) is 1.20. The number of esters is 1. The summed E-state index contributed by atoms with van der Waals surface area (Å²) in [6, 6.07) is 0. The van der Waals surface area contributed by atoms with E-state index in [1.54, 1.807) is 6.92 Å². The van der Waals surface area contributed by atoms with Gasteiger partial charge in [0.25, 0.3) is 0 Å². The molecule has 4 aliphatic carbocycles. The van der Waals surface area contributed by atoms with Crippen LogP contribution in [0.15, 0.2) is 11.3 Å². The van der Waals surface area contributed by atoms with E-state index in [0.717, 1.165) is 50.5 Å². The van der Waals surface area contributed by atoms with Crippen LogP contribution < -0.4 is 0 Å². The second-order valence-electron chi connectivity index (χ2n) is 9.94. The van der Waals surface area contributed by atoms with E-state index in [1.165, 1.54) is 6.92 Å². The quantitative estimate of drug-likeness (QED) is 0.664. The first-order valence-corrected chi connectivity index (χ1v) is 10.6. The fourth-order valence-electron chi connectivity index (χ4n) is 7.60. The lowest BCUT2D eigenvalue weighted by atomic mass is 9.46. The maximum Gasteiger partial charge on any atom is 0.308 e. The van der Waals surface area contributed by atoms with Crippen LogP contribution in [0.2, 0.25) is 0 Å². The molecule has 4 rings (SSSR count). The molecule has 0 heterocycles. The molecule has 0 radical (unpaired) electrons. The van der Waals surface area contributed by atoms with Crippen LogP contribution in [0, 0.1) is 34.5 Å². The number of allylic oxidation sites excluding steroid dienone is 1. The first-order chi connectivity index (χ1) is 12.7. The summed E-state index contributed by atoms with van der Waals surface area (Å²) in [5.74, 6) is 2.30. The van der Waals surface area contributed by atoms with Crippen LogP contribution in [-0.4, -0.2) is 17.5 Å². The number of fused-ring (bicyclic) bond motifs is 5. The number of carbonyl (C=O) groups is 3. The second kappa shape index (κ2) is 6.28. The van der Waals surface area contributed by atoms with Crippen molar-refractivity contribution >= 4 is 17.5 Å². The molecule has 4 nitrogen and oxygen atoms in total. The van der Waals surface area contributed by atoms with Gasteiger partial charge in [0.1, 0.15) is 5.78 Å². The predicted octanol–water partition coefficient (Wildman–Crippen LogP) is 4.61. The summed E-state index contributed by atoms with van der Waals surface area (Å²) in [4.78, 5) is 36.3. The summed E-state index contributed by atoms with van der Waals surface area (Å²) >= 11 is 0. The Morgan fingerprint density at radius 3 is 2.37 bits per heavy atom. The Bertz CT molecular complexity index is 735. The van der Waals surface area contributed by atoms with Crippen LogP contribution in [-0.2, 0) is 19.1 Å². The Labute approximate surface area is 162 Å². The number of ketones is 2.